The Balaban J connectivity index is 1.21. The van der Waals surface area contributed by atoms with Crippen molar-refractivity contribution in [3.63, 3.8) is 0 Å². The maximum atomic E-state index is 15.2. The zero-order valence-electron chi connectivity index (χ0n) is 30.7. The van der Waals surface area contributed by atoms with Crippen molar-refractivity contribution >= 4 is 40.4 Å². The van der Waals surface area contributed by atoms with Gasteiger partial charge in [0.1, 0.15) is 23.5 Å². The fourth-order valence-corrected chi connectivity index (χ4v) is 5.73. The summed E-state index contributed by atoms with van der Waals surface area (Å²) in [5, 5.41) is 7.92. The van der Waals surface area contributed by atoms with Crippen LogP contribution in [0.25, 0.3) is 10.9 Å². The number of benzene rings is 3. The first-order valence-electron chi connectivity index (χ1n) is 17.6. The molecule has 0 spiro atoms. The lowest BCUT2D eigenvalue weighted by Crippen LogP contribution is -2.45. The van der Waals surface area contributed by atoms with Crippen LogP contribution in [0, 0.1) is 5.82 Å². The molecule has 16 heteroatoms. The summed E-state index contributed by atoms with van der Waals surface area (Å²) in [5.41, 5.74) is -1.000. The number of fused-ring (bicyclic) bond motifs is 1. The quantitative estimate of drug-likeness (QED) is 0.0688. The van der Waals surface area contributed by atoms with E-state index in [0.29, 0.717) is 28.8 Å². The first kappa shape index (κ1) is 40.4. The monoisotopic (exact) mass is 770 g/mol. The van der Waals surface area contributed by atoms with Crippen molar-refractivity contribution in [1.82, 2.24) is 10.3 Å². The number of esters is 1. The van der Waals surface area contributed by atoms with Gasteiger partial charge in [-0.25, -0.2) is 18.8 Å². The minimum absolute atomic E-state index is 0.0648. The molecule has 3 N–H and O–H groups in total. The molecule has 0 radical (unpaired) electrons. The van der Waals surface area contributed by atoms with E-state index in [-0.39, 0.29) is 42.0 Å². The molecule has 0 saturated heterocycles. The van der Waals surface area contributed by atoms with Crippen LogP contribution in [-0.2, 0) is 20.4 Å². The molecule has 3 aromatic carbocycles. The Labute approximate surface area is 314 Å². The summed E-state index contributed by atoms with van der Waals surface area (Å²) < 4.78 is 82.1. The zero-order chi connectivity index (χ0) is 39.8. The van der Waals surface area contributed by atoms with Crippen molar-refractivity contribution in [1.29, 1.82) is 0 Å². The Morgan fingerprint density at radius 1 is 0.873 bits per heavy atom. The first-order valence-corrected chi connectivity index (χ1v) is 17.6. The van der Waals surface area contributed by atoms with Gasteiger partial charge in [0.25, 0.3) is 0 Å². The number of hydrogen-bond acceptors (Lipinski definition) is 9. The van der Waals surface area contributed by atoms with Crippen LogP contribution in [0.5, 0.6) is 23.0 Å². The SMILES string of the molecule is COc1cc2c(Oc3ccc(NC(=O)Nc4ccc(C(F)(F)F)cc4)cc3F)ccnc2cc1OCCC[C@H](NC(=O)OC(C)(C)C)C(=O)OC1CCCC1. The van der Waals surface area contributed by atoms with Crippen LogP contribution in [0.2, 0.25) is 0 Å². The van der Waals surface area contributed by atoms with Gasteiger partial charge in [0.05, 0.1) is 24.8 Å². The van der Waals surface area contributed by atoms with Crippen molar-refractivity contribution < 1.29 is 55.6 Å². The van der Waals surface area contributed by atoms with E-state index in [2.05, 4.69) is 20.9 Å². The molecule has 1 aliphatic carbocycles. The van der Waals surface area contributed by atoms with E-state index in [4.69, 9.17) is 23.7 Å². The van der Waals surface area contributed by atoms with Gasteiger partial charge >= 0.3 is 24.3 Å². The first-order chi connectivity index (χ1) is 26.1. The number of pyridine rings is 1. The maximum Gasteiger partial charge on any atom is 0.416 e. The Morgan fingerprint density at radius 2 is 1.56 bits per heavy atom. The summed E-state index contributed by atoms with van der Waals surface area (Å²) in [6.45, 7) is 5.33. The van der Waals surface area contributed by atoms with Gasteiger partial charge < -0.3 is 39.6 Å². The second-order valence-electron chi connectivity index (χ2n) is 13.8. The maximum absolute atomic E-state index is 15.2. The lowest BCUT2D eigenvalue weighted by molar-refractivity contribution is -0.151. The third-order valence-electron chi connectivity index (χ3n) is 8.32. The van der Waals surface area contributed by atoms with Gasteiger partial charge in [-0.1, -0.05) is 0 Å². The van der Waals surface area contributed by atoms with Crippen LogP contribution in [0.1, 0.15) is 64.9 Å². The molecule has 55 heavy (non-hydrogen) atoms. The lowest BCUT2D eigenvalue weighted by Gasteiger charge is -2.24. The second kappa shape index (κ2) is 17.6. The number of nitrogens with zero attached hydrogens (tertiary/aromatic N) is 1. The number of alkyl carbamates (subject to hydrolysis) is 1. The van der Waals surface area contributed by atoms with Crippen molar-refractivity contribution in [2.24, 2.45) is 0 Å². The van der Waals surface area contributed by atoms with E-state index in [1.807, 2.05) is 0 Å². The number of halogens is 4. The number of amides is 3. The minimum atomic E-state index is -4.52. The molecular formula is C39H42F4N4O8. The van der Waals surface area contributed by atoms with Crippen LogP contribution in [0.4, 0.5) is 38.5 Å². The number of rotatable bonds is 13. The van der Waals surface area contributed by atoms with Gasteiger partial charge in [-0.05, 0) is 108 Å². The molecule has 1 saturated carbocycles. The van der Waals surface area contributed by atoms with Crippen LogP contribution < -0.4 is 30.2 Å². The second-order valence-corrected chi connectivity index (χ2v) is 13.8. The summed E-state index contributed by atoms with van der Waals surface area (Å²) in [6, 6.07) is 10.6. The van der Waals surface area contributed by atoms with E-state index in [9.17, 15) is 27.6 Å². The molecule has 1 atom stereocenters. The Kier molecular flexibility index (Phi) is 12.9. The molecule has 0 unspecified atom stereocenters. The topological polar surface area (TPSA) is 146 Å². The van der Waals surface area contributed by atoms with Crippen LogP contribution in [0.3, 0.4) is 0 Å². The fourth-order valence-electron chi connectivity index (χ4n) is 5.73. The number of urea groups is 1. The summed E-state index contributed by atoms with van der Waals surface area (Å²) >= 11 is 0. The van der Waals surface area contributed by atoms with Crippen molar-refractivity contribution in [2.75, 3.05) is 24.4 Å². The predicted octanol–water partition coefficient (Wildman–Crippen LogP) is 9.38. The number of carbonyl (C=O) groups is 3. The molecule has 3 amide bonds. The number of ether oxygens (including phenoxy) is 5. The molecule has 4 aromatic rings. The van der Waals surface area contributed by atoms with Gasteiger partial charge in [0.2, 0.25) is 0 Å². The molecular weight excluding hydrogens is 728 g/mol. The average Bonchev–Trinajstić information content (AvgIpc) is 3.62. The van der Waals surface area contributed by atoms with Crippen LogP contribution in [-0.4, -0.2) is 54.5 Å². The third kappa shape index (κ3) is 11.6. The van der Waals surface area contributed by atoms with Gasteiger partial charge in [0, 0.05) is 35.1 Å². The highest BCUT2D eigenvalue weighted by Crippen LogP contribution is 2.38. The number of aromatic nitrogens is 1. The summed E-state index contributed by atoms with van der Waals surface area (Å²) in [7, 11) is 1.45. The average molecular weight is 771 g/mol. The normalized spacial score (nSPS) is 13.8. The highest BCUT2D eigenvalue weighted by Gasteiger charge is 2.30. The number of methoxy groups -OCH3 is 1. The van der Waals surface area contributed by atoms with Gasteiger partial charge in [0.15, 0.2) is 23.1 Å². The zero-order valence-corrected chi connectivity index (χ0v) is 30.7. The van der Waals surface area contributed by atoms with E-state index < -0.39 is 47.3 Å². The summed E-state index contributed by atoms with van der Waals surface area (Å²) in [6.07, 6.45) is 0.175. The van der Waals surface area contributed by atoms with Crippen LogP contribution >= 0.6 is 0 Å². The number of nitrogens with one attached hydrogen (secondary N) is 3. The van der Waals surface area contributed by atoms with Crippen molar-refractivity contribution in [3.05, 3.63) is 78.2 Å². The van der Waals surface area contributed by atoms with Crippen molar-refractivity contribution in [2.45, 2.75) is 83.2 Å². The number of alkyl halides is 3. The third-order valence-corrected chi connectivity index (χ3v) is 8.32. The minimum Gasteiger partial charge on any atom is -0.493 e. The van der Waals surface area contributed by atoms with Gasteiger partial charge in [-0.3, -0.25) is 4.98 Å². The fraction of sp³-hybridized carbons (Fsp3) is 0.385. The molecule has 1 fully saturated rings. The highest BCUT2D eigenvalue weighted by atomic mass is 19.4. The molecule has 12 nitrogen and oxygen atoms in total. The molecule has 1 heterocycles. The van der Waals surface area contributed by atoms with Gasteiger partial charge in [-0.2, -0.15) is 13.2 Å². The van der Waals surface area contributed by atoms with E-state index in [1.165, 1.54) is 31.5 Å². The molecule has 1 aromatic heterocycles. The van der Waals surface area contributed by atoms with Crippen molar-refractivity contribution in [3.8, 4) is 23.0 Å². The summed E-state index contributed by atoms with van der Waals surface area (Å²) in [5.74, 6) is -0.583. The Bertz CT molecular complexity index is 1980. The number of carbonyl (C=O) groups excluding carboxylic acids is 3. The summed E-state index contributed by atoms with van der Waals surface area (Å²) in [4.78, 5) is 42.3. The largest absolute Gasteiger partial charge is 0.493 e. The smallest absolute Gasteiger partial charge is 0.416 e. The predicted molar refractivity (Wildman–Crippen MR) is 195 cm³/mol. The Hall–Kier alpha value is -5.80. The number of anilines is 2. The molecule has 5 rings (SSSR count). The molecule has 294 valence electrons. The standard InChI is InChI=1S/C39H42F4N4O8/c1-38(2,3)55-37(50)47-29(35(48)53-26-8-5-6-9-26)10-7-19-52-34-22-30-27(21-33(34)51-4)31(17-18-44-30)54-32-16-15-25(20-28(32)40)46-36(49)45-24-13-11-23(12-14-24)39(41,42)43/h11-18,20-22,26,29H,5-10,19H2,1-4H3,(H,47,50)(H2,45,46,49)/t29-/m0/s1. The van der Waals surface area contributed by atoms with Crippen LogP contribution in [0.15, 0.2) is 66.9 Å². The lowest BCUT2D eigenvalue weighted by atomic mass is 10.1. The number of hydrogen-bond donors (Lipinski definition) is 3. The van der Waals surface area contributed by atoms with E-state index in [1.54, 1.807) is 32.9 Å². The molecule has 0 bridgehead atoms. The van der Waals surface area contributed by atoms with E-state index >= 15 is 4.39 Å². The Morgan fingerprint density at radius 3 is 2.22 bits per heavy atom. The highest BCUT2D eigenvalue weighted by molar-refractivity contribution is 5.99. The molecule has 0 aliphatic heterocycles. The molecule has 1 aliphatic rings. The van der Waals surface area contributed by atoms with E-state index in [0.717, 1.165) is 56.0 Å². The van der Waals surface area contributed by atoms with Gasteiger partial charge in [-0.15, -0.1) is 0 Å².